The molecule has 1 atom stereocenters. The van der Waals surface area contributed by atoms with E-state index >= 15 is 0 Å². The molecule has 1 aromatic heterocycles. The quantitative estimate of drug-likeness (QED) is 0.899. The van der Waals surface area contributed by atoms with E-state index in [0.717, 1.165) is 12.2 Å². The highest BCUT2D eigenvalue weighted by Crippen LogP contribution is 2.23. The van der Waals surface area contributed by atoms with Crippen LogP contribution in [0.4, 0.5) is 0 Å². The van der Waals surface area contributed by atoms with Gasteiger partial charge in [-0.15, -0.1) is 0 Å². The van der Waals surface area contributed by atoms with E-state index in [-0.39, 0.29) is 6.04 Å². The number of aryl methyl sites for hydroxylation is 3. The second kappa shape index (κ2) is 5.98. The molecule has 0 bridgehead atoms. The highest BCUT2D eigenvalue weighted by molar-refractivity contribution is 5.35. The predicted octanol–water partition coefficient (Wildman–Crippen LogP) is 3.71. The highest BCUT2D eigenvalue weighted by Gasteiger charge is 2.15. The zero-order valence-corrected chi connectivity index (χ0v) is 12.2. The van der Waals surface area contributed by atoms with Crippen molar-refractivity contribution < 1.29 is 0 Å². The lowest BCUT2D eigenvalue weighted by Crippen LogP contribution is -2.23. The molecule has 19 heavy (non-hydrogen) atoms. The number of benzene rings is 1. The van der Waals surface area contributed by atoms with E-state index < -0.39 is 0 Å². The molecule has 1 N–H and O–H groups in total. The van der Waals surface area contributed by atoms with Gasteiger partial charge in [0.1, 0.15) is 0 Å². The van der Waals surface area contributed by atoms with Crippen LogP contribution in [0.5, 0.6) is 0 Å². The SMILES string of the molecule is CCNC(c1cc(C)cc(C)c1)c1cc(C)ccn1. The number of nitrogens with one attached hydrogen (secondary N) is 1. The third-order valence-electron chi connectivity index (χ3n) is 3.22. The maximum absolute atomic E-state index is 4.53. The standard InChI is InChI=1S/C17H22N2/c1-5-18-17(16-11-12(2)6-7-19-16)15-9-13(3)8-14(4)10-15/h6-11,17-18H,5H2,1-4H3. The van der Waals surface area contributed by atoms with Crippen LogP contribution in [0.1, 0.15) is 40.9 Å². The van der Waals surface area contributed by atoms with Crippen LogP contribution >= 0.6 is 0 Å². The van der Waals surface area contributed by atoms with Crippen LogP contribution in [0.2, 0.25) is 0 Å². The van der Waals surface area contributed by atoms with Crippen LogP contribution in [0.3, 0.4) is 0 Å². The average Bonchev–Trinajstić information content (AvgIpc) is 2.34. The molecule has 2 heteroatoms. The molecule has 0 saturated carbocycles. The van der Waals surface area contributed by atoms with E-state index in [4.69, 9.17) is 0 Å². The van der Waals surface area contributed by atoms with E-state index in [2.05, 4.69) is 62.3 Å². The molecule has 1 heterocycles. The Morgan fingerprint density at radius 2 is 1.68 bits per heavy atom. The zero-order valence-electron chi connectivity index (χ0n) is 12.2. The summed E-state index contributed by atoms with van der Waals surface area (Å²) in [6.45, 7) is 9.45. The van der Waals surface area contributed by atoms with Crippen molar-refractivity contribution in [1.29, 1.82) is 0 Å². The van der Waals surface area contributed by atoms with Gasteiger partial charge in [0, 0.05) is 6.20 Å². The highest BCUT2D eigenvalue weighted by atomic mass is 14.9. The molecule has 1 unspecified atom stereocenters. The Kier molecular flexibility index (Phi) is 4.33. The Balaban J connectivity index is 2.44. The maximum atomic E-state index is 4.53. The lowest BCUT2D eigenvalue weighted by molar-refractivity contribution is 0.614. The second-order valence-corrected chi connectivity index (χ2v) is 5.17. The molecule has 0 amide bonds. The molecule has 2 rings (SSSR count). The third kappa shape index (κ3) is 3.42. The van der Waals surface area contributed by atoms with Crippen LogP contribution < -0.4 is 5.32 Å². The molecule has 100 valence electrons. The van der Waals surface area contributed by atoms with Gasteiger partial charge in [0.25, 0.3) is 0 Å². The Bertz CT molecular complexity index is 541. The molecule has 0 aliphatic carbocycles. The molecule has 0 aliphatic rings. The Morgan fingerprint density at radius 3 is 2.26 bits per heavy atom. The third-order valence-corrected chi connectivity index (χ3v) is 3.22. The number of aromatic nitrogens is 1. The summed E-state index contributed by atoms with van der Waals surface area (Å²) in [5.74, 6) is 0. The lowest BCUT2D eigenvalue weighted by atomic mass is 9.98. The summed E-state index contributed by atoms with van der Waals surface area (Å²) in [4.78, 5) is 4.53. The molecule has 2 nitrogen and oxygen atoms in total. The molecule has 0 aliphatic heterocycles. The van der Waals surface area contributed by atoms with Gasteiger partial charge >= 0.3 is 0 Å². The summed E-state index contributed by atoms with van der Waals surface area (Å²) in [5.41, 5.74) is 6.22. The van der Waals surface area contributed by atoms with Gasteiger partial charge in [0.2, 0.25) is 0 Å². The summed E-state index contributed by atoms with van der Waals surface area (Å²) < 4.78 is 0. The molecular formula is C17H22N2. The van der Waals surface area contributed by atoms with Gasteiger partial charge in [0.05, 0.1) is 11.7 Å². The first-order valence-corrected chi connectivity index (χ1v) is 6.84. The Hall–Kier alpha value is -1.67. The first kappa shape index (κ1) is 13.8. The first-order valence-electron chi connectivity index (χ1n) is 6.84. The van der Waals surface area contributed by atoms with Crippen LogP contribution in [-0.4, -0.2) is 11.5 Å². The topological polar surface area (TPSA) is 24.9 Å². The zero-order chi connectivity index (χ0) is 13.8. The number of hydrogen-bond donors (Lipinski definition) is 1. The van der Waals surface area contributed by atoms with Crippen molar-refractivity contribution in [2.75, 3.05) is 6.54 Å². The van der Waals surface area contributed by atoms with Gasteiger partial charge in [-0.05, 0) is 50.6 Å². The maximum Gasteiger partial charge on any atom is 0.0751 e. The van der Waals surface area contributed by atoms with E-state index in [1.165, 1.54) is 22.3 Å². The first-order chi connectivity index (χ1) is 9.10. The van der Waals surface area contributed by atoms with E-state index in [1.807, 2.05) is 12.3 Å². The summed E-state index contributed by atoms with van der Waals surface area (Å²) in [6, 6.07) is 11.0. The van der Waals surface area contributed by atoms with Crippen LogP contribution in [0, 0.1) is 20.8 Å². The molecule has 1 aromatic carbocycles. The Labute approximate surface area is 115 Å². The fourth-order valence-electron chi connectivity index (χ4n) is 2.49. The van der Waals surface area contributed by atoms with Gasteiger partial charge in [-0.1, -0.05) is 36.2 Å². The minimum absolute atomic E-state index is 0.170. The molecule has 0 radical (unpaired) electrons. The summed E-state index contributed by atoms with van der Waals surface area (Å²) >= 11 is 0. The number of hydrogen-bond acceptors (Lipinski definition) is 2. The number of rotatable bonds is 4. The summed E-state index contributed by atoms with van der Waals surface area (Å²) in [7, 11) is 0. The van der Waals surface area contributed by atoms with Crippen LogP contribution in [0.15, 0.2) is 36.5 Å². The summed E-state index contributed by atoms with van der Waals surface area (Å²) in [5, 5.41) is 3.53. The molecular weight excluding hydrogens is 232 g/mol. The lowest BCUT2D eigenvalue weighted by Gasteiger charge is -2.19. The molecule has 2 aromatic rings. The molecule has 0 saturated heterocycles. The van der Waals surface area contributed by atoms with Crippen molar-refractivity contribution in [3.05, 3.63) is 64.5 Å². The minimum atomic E-state index is 0.170. The van der Waals surface area contributed by atoms with Gasteiger partial charge in [-0.25, -0.2) is 0 Å². The molecule has 0 spiro atoms. The van der Waals surface area contributed by atoms with Crippen molar-refractivity contribution >= 4 is 0 Å². The second-order valence-electron chi connectivity index (χ2n) is 5.17. The average molecular weight is 254 g/mol. The molecule has 0 fully saturated rings. The predicted molar refractivity (Wildman–Crippen MR) is 80.4 cm³/mol. The largest absolute Gasteiger partial charge is 0.305 e. The van der Waals surface area contributed by atoms with Crippen LogP contribution in [-0.2, 0) is 0 Å². The summed E-state index contributed by atoms with van der Waals surface area (Å²) in [6.07, 6.45) is 1.89. The fourth-order valence-corrected chi connectivity index (χ4v) is 2.49. The minimum Gasteiger partial charge on any atom is -0.305 e. The van der Waals surface area contributed by atoms with Crippen molar-refractivity contribution in [1.82, 2.24) is 10.3 Å². The van der Waals surface area contributed by atoms with E-state index in [9.17, 15) is 0 Å². The van der Waals surface area contributed by atoms with Gasteiger partial charge in [0.15, 0.2) is 0 Å². The van der Waals surface area contributed by atoms with E-state index in [0.29, 0.717) is 0 Å². The number of nitrogens with zero attached hydrogens (tertiary/aromatic N) is 1. The normalized spacial score (nSPS) is 12.4. The van der Waals surface area contributed by atoms with Crippen molar-refractivity contribution in [3.63, 3.8) is 0 Å². The van der Waals surface area contributed by atoms with Crippen molar-refractivity contribution in [3.8, 4) is 0 Å². The van der Waals surface area contributed by atoms with E-state index in [1.54, 1.807) is 0 Å². The smallest absolute Gasteiger partial charge is 0.0751 e. The van der Waals surface area contributed by atoms with Gasteiger partial charge < -0.3 is 5.32 Å². The van der Waals surface area contributed by atoms with Crippen molar-refractivity contribution in [2.24, 2.45) is 0 Å². The van der Waals surface area contributed by atoms with Gasteiger partial charge in [-0.3, -0.25) is 4.98 Å². The number of pyridine rings is 1. The van der Waals surface area contributed by atoms with Gasteiger partial charge in [-0.2, -0.15) is 0 Å². The van der Waals surface area contributed by atoms with Crippen molar-refractivity contribution in [2.45, 2.75) is 33.7 Å². The monoisotopic (exact) mass is 254 g/mol. The Morgan fingerprint density at radius 1 is 1.00 bits per heavy atom. The fraction of sp³-hybridized carbons (Fsp3) is 0.353. The van der Waals surface area contributed by atoms with Crippen LogP contribution in [0.25, 0.3) is 0 Å².